The average molecular weight is 364 g/mol. The summed E-state index contributed by atoms with van der Waals surface area (Å²) in [5.41, 5.74) is 5.72. The van der Waals surface area contributed by atoms with E-state index in [1.807, 2.05) is 30.3 Å². The lowest BCUT2D eigenvalue weighted by molar-refractivity contribution is -0.137. The van der Waals surface area contributed by atoms with Gasteiger partial charge in [-0.2, -0.15) is 13.2 Å². The van der Waals surface area contributed by atoms with Crippen LogP contribution in [0.5, 0.6) is 0 Å². The van der Waals surface area contributed by atoms with Crippen LogP contribution in [0.2, 0.25) is 0 Å². The Morgan fingerprint density at radius 3 is 2.27 bits per heavy atom. The first kappa shape index (κ1) is 19.5. The molecule has 138 valence electrons. The molecule has 0 aromatic heterocycles. The molecule has 0 saturated carbocycles. The zero-order valence-corrected chi connectivity index (χ0v) is 13.9. The molecule has 0 spiro atoms. The number of hydrogen-bond acceptors (Lipinski definition) is 2. The maximum absolute atomic E-state index is 12.8. The van der Waals surface area contributed by atoms with E-state index in [9.17, 15) is 22.8 Å². The Morgan fingerprint density at radius 2 is 1.65 bits per heavy atom. The van der Waals surface area contributed by atoms with Crippen molar-refractivity contribution in [2.24, 2.45) is 5.73 Å². The molecule has 0 fully saturated rings. The first-order chi connectivity index (χ1) is 12.3. The van der Waals surface area contributed by atoms with E-state index in [-0.39, 0.29) is 24.3 Å². The third-order valence-corrected chi connectivity index (χ3v) is 3.86. The number of amides is 2. The molecule has 7 heteroatoms. The first-order valence-electron chi connectivity index (χ1n) is 8.04. The molecule has 0 radical (unpaired) electrons. The number of rotatable bonds is 7. The molecule has 3 N–H and O–H groups in total. The van der Waals surface area contributed by atoms with Crippen LogP contribution in [0.1, 0.15) is 23.1 Å². The summed E-state index contributed by atoms with van der Waals surface area (Å²) in [6.07, 6.45) is -3.94. The van der Waals surface area contributed by atoms with E-state index < -0.39 is 23.7 Å². The number of aryl methyl sites for hydroxylation is 1. The maximum Gasteiger partial charge on any atom is 0.416 e. The minimum absolute atomic E-state index is 0.101. The van der Waals surface area contributed by atoms with Gasteiger partial charge in [0.25, 0.3) is 0 Å². The Kier molecular flexibility index (Phi) is 6.38. The van der Waals surface area contributed by atoms with Crippen molar-refractivity contribution in [3.05, 3.63) is 71.3 Å². The van der Waals surface area contributed by atoms with Gasteiger partial charge in [0.15, 0.2) is 0 Å². The van der Waals surface area contributed by atoms with Crippen LogP contribution in [0.3, 0.4) is 0 Å². The molecule has 2 aromatic carbocycles. The van der Waals surface area contributed by atoms with Gasteiger partial charge in [-0.25, -0.2) is 0 Å². The van der Waals surface area contributed by atoms with Crippen molar-refractivity contribution in [2.45, 2.75) is 31.5 Å². The molecule has 2 rings (SSSR count). The standard InChI is InChI=1S/C19H19F3N2O2/c20-19(21,22)15-8-4-7-14(11-15)12-16(18(23)26)24-17(25)10-9-13-5-2-1-3-6-13/h1-8,11,16H,9-10,12H2,(H2,23,26)(H,24,25)/t16-/m1/s1. The second kappa shape index (κ2) is 8.51. The highest BCUT2D eigenvalue weighted by molar-refractivity contribution is 5.86. The molecular formula is C19H19F3N2O2. The normalized spacial score (nSPS) is 12.4. The minimum Gasteiger partial charge on any atom is -0.368 e. The molecule has 0 aliphatic carbocycles. The van der Waals surface area contributed by atoms with Crippen molar-refractivity contribution < 1.29 is 22.8 Å². The third kappa shape index (κ3) is 5.91. The van der Waals surface area contributed by atoms with E-state index in [0.29, 0.717) is 6.42 Å². The van der Waals surface area contributed by atoms with Crippen molar-refractivity contribution in [3.63, 3.8) is 0 Å². The Balaban J connectivity index is 1.98. The quantitative estimate of drug-likeness (QED) is 0.793. The summed E-state index contributed by atoms with van der Waals surface area (Å²) in [6.45, 7) is 0. The summed E-state index contributed by atoms with van der Waals surface area (Å²) >= 11 is 0. The highest BCUT2D eigenvalue weighted by Crippen LogP contribution is 2.29. The average Bonchev–Trinajstić information content (AvgIpc) is 2.60. The Hall–Kier alpha value is -2.83. The van der Waals surface area contributed by atoms with Gasteiger partial charge in [-0.1, -0.05) is 48.5 Å². The molecule has 0 heterocycles. The molecular weight excluding hydrogens is 345 g/mol. The Bertz CT molecular complexity index is 761. The van der Waals surface area contributed by atoms with Gasteiger partial charge in [0.2, 0.25) is 11.8 Å². The van der Waals surface area contributed by atoms with Gasteiger partial charge in [0, 0.05) is 12.8 Å². The maximum atomic E-state index is 12.8. The number of nitrogens with one attached hydrogen (secondary N) is 1. The van der Waals surface area contributed by atoms with Crippen LogP contribution in [-0.2, 0) is 28.6 Å². The second-order valence-corrected chi connectivity index (χ2v) is 5.91. The SMILES string of the molecule is NC(=O)[C@@H](Cc1cccc(C(F)(F)F)c1)NC(=O)CCc1ccccc1. The van der Waals surface area contributed by atoms with Gasteiger partial charge in [0.05, 0.1) is 5.56 Å². The lowest BCUT2D eigenvalue weighted by Gasteiger charge is -2.16. The van der Waals surface area contributed by atoms with Crippen molar-refractivity contribution in [2.75, 3.05) is 0 Å². The summed E-state index contributed by atoms with van der Waals surface area (Å²) in [5.74, 6) is -1.18. The number of benzene rings is 2. The van der Waals surface area contributed by atoms with Crippen LogP contribution in [-0.4, -0.2) is 17.9 Å². The molecule has 0 bridgehead atoms. The van der Waals surface area contributed by atoms with Gasteiger partial charge in [-0.15, -0.1) is 0 Å². The predicted octanol–water partition coefficient (Wildman–Crippen LogP) is 2.85. The van der Waals surface area contributed by atoms with Gasteiger partial charge in [0.1, 0.15) is 6.04 Å². The predicted molar refractivity (Wildman–Crippen MR) is 91.0 cm³/mol. The fourth-order valence-corrected chi connectivity index (χ4v) is 2.50. The van der Waals surface area contributed by atoms with E-state index in [2.05, 4.69) is 5.32 Å². The van der Waals surface area contributed by atoms with Crippen molar-refractivity contribution in [1.29, 1.82) is 0 Å². The van der Waals surface area contributed by atoms with Crippen molar-refractivity contribution in [1.82, 2.24) is 5.32 Å². The number of halogens is 3. The lowest BCUT2D eigenvalue weighted by Crippen LogP contribution is -2.45. The van der Waals surface area contributed by atoms with Crippen LogP contribution in [0.4, 0.5) is 13.2 Å². The molecule has 0 aliphatic heterocycles. The van der Waals surface area contributed by atoms with Crippen LogP contribution < -0.4 is 11.1 Å². The van der Waals surface area contributed by atoms with Crippen molar-refractivity contribution >= 4 is 11.8 Å². The third-order valence-electron chi connectivity index (χ3n) is 3.86. The van der Waals surface area contributed by atoms with E-state index in [0.717, 1.165) is 17.7 Å². The van der Waals surface area contributed by atoms with Gasteiger partial charge < -0.3 is 11.1 Å². The number of carbonyl (C=O) groups is 2. The topological polar surface area (TPSA) is 72.2 Å². The summed E-state index contributed by atoms with van der Waals surface area (Å²) in [4.78, 5) is 23.6. The van der Waals surface area contributed by atoms with E-state index in [4.69, 9.17) is 5.73 Å². The van der Waals surface area contributed by atoms with Gasteiger partial charge in [-0.3, -0.25) is 9.59 Å². The highest BCUT2D eigenvalue weighted by atomic mass is 19.4. The van der Waals surface area contributed by atoms with Gasteiger partial charge in [-0.05, 0) is 23.6 Å². The van der Waals surface area contributed by atoms with Crippen LogP contribution >= 0.6 is 0 Å². The largest absolute Gasteiger partial charge is 0.416 e. The van der Waals surface area contributed by atoms with E-state index >= 15 is 0 Å². The summed E-state index contributed by atoms with van der Waals surface area (Å²) in [7, 11) is 0. The number of primary amides is 1. The zero-order valence-electron chi connectivity index (χ0n) is 13.9. The fourth-order valence-electron chi connectivity index (χ4n) is 2.50. The monoisotopic (exact) mass is 364 g/mol. The molecule has 0 aliphatic rings. The van der Waals surface area contributed by atoms with Crippen LogP contribution in [0, 0.1) is 0 Å². The number of hydrogen-bond donors (Lipinski definition) is 2. The van der Waals surface area contributed by atoms with Gasteiger partial charge >= 0.3 is 6.18 Å². The smallest absolute Gasteiger partial charge is 0.368 e. The Morgan fingerprint density at radius 1 is 1.00 bits per heavy atom. The van der Waals surface area contributed by atoms with Crippen LogP contribution in [0.15, 0.2) is 54.6 Å². The van der Waals surface area contributed by atoms with Crippen LogP contribution in [0.25, 0.3) is 0 Å². The number of alkyl halides is 3. The molecule has 2 amide bonds. The molecule has 26 heavy (non-hydrogen) atoms. The molecule has 2 aromatic rings. The zero-order chi connectivity index (χ0) is 19.2. The van der Waals surface area contributed by atoms with E-state index in [1.54, 1.807) is 0 Å². The Labute approximate surface area is 149 Å². The highest BCUT2D eigenvalue weighted by Gasteiger charge is 2.30. The molecule has 4 nitrogen and oxygen atoms in total. The van der Waals surface area contributed by atoms with Crippen molar-refractivity contribution in [3.8, 4) is 0 Å². The summed E-state index contributed by atoms with van der Waals surface area (Å²) < 4.78 is 38.3. The summed E-state index contributed by atoms with van der Waals surface area (Å²) in [6, 6.07) is 12.9. The second-order valence-electron chi connectivity index (χ2n) is 5.91. The molecule has 0 saturated heterocycles. The fraction of sp³-hybridized carbons (Fsp3) is 0.263. The molecule has 1 atom stereocenters. The lowest BCUT2D eigenvalue weighted by atomic mass is 10.0. The van der Waals surface area contributed by atoms with E-state index in [1.165, 1.54) is 12.1 Å². The number of carbonyl (C=O) groups excluding carboxylic acids is 2. The minimum atomic E-state index is -4.48. The summed E-state index contributed by atoms with van der Waals surface area (Å²) in [5, 5.41) is 2.50. The first-order valence-corrected chi connectivity index (χ1v) is 8.04. The molecule has 0 unspecified atom stereocenters. The number of nitrogens with two attached hydrogens (primary N) is 1.